The van der Waals surface area contributed by atoms with Gasteiger partial charge in [0.2, 0.25) is 0 Å². The van der Waals surface area contributed by atoms with E-state index in [0.29, 0.717) is 16.6 Å². The van der Waals surface area contributed by atoms with Crippen molar-refractivity contribution in [1.29, 1.82) is 0 Å². The van der Waals surface area contributed by atoms with E-state index in [1.165, 1.54) is 35.2 Å². The maximum absolute atomic E-state index is 13.2. The maximum atomic E-state index is 13.2. The number of pyridine rings is 1. The van der Waals surface area contributed by atoms with Crippen molar-refractivity contribution in [2.24, 2.45) is 7.05 Å². The molecule has 0 aliphatic heterocycles. The van der Waals surface area contributed by atoms with E-state index in [4.69, 9.17) is 0 Å². The van der Waals surface area contributed by atoms with Gasteiger partial charge in [0.15, 0.2) is 5.65 Å². The van der Waals surface area contributed by atoms with Gasteiger partial charge in [-0.15, -0.1) is 0 Å². The highest BCUT2D eigenvalue weighted by Crippen LogP contribution is 2.35. The van der Waals surface area contributed by atoms with Gasteiger partial charge in [-0.2, -0.15) is 31.4 Å². The lowest BCUT2D eigenvalue weighted by Gasteiger charge is -2.19. The number of fused-ring (bicyclic) bond motifs is 1. The van der Waals surface area contributed by atoms with E-state index in [1.807, 2.05) is 0 Å². The molecule has 0 saturated carbocycles. The van der Waals surface area contributed by atoms with Crippen LogP contribution in [-0.4, -0.2) is 26.8 Å². The fourth-order valence-corrected chi connectivity index (χ4v) is 3.68. The molecule has 0 fully saturated rings. The molecule has 1 atom stereocenters. The molecule has 3 aromatic rings. The predicted octanol–water partition coefficient (Wildman–Crippen LogP) is 5.45. The molecule has 0 radical (unpaired) electrons. The molecule has 4 rings (SSSR count). The number of nitrogens with zero attached hydrogens (tertiary/aromatic N) is 3. The quantitative estimate of drug-likeness (QED) is 0.506. The topological polar surface area (TPSA) is 59.8 Å². The largest absolute Gasteiger partial charge is 0.416 e. The lowest BCUT2D eigenvalue weighted by atomic mass is 9.91. The van der Waals surface area contributed by atoms with Crippen molar-refractivity contribution < 1.29 is 31.1 Å². The minimum absolute atomic E-state index is 0.0410. The molecule has 5 nitrogen and oxygen atoms in total. The van der Waals surface area contributed by atoms with Crippen LogP contribution in [0.3, 0.4) is 0 Å². The lowest BCUT2D eigenvalue weighted by Crippen LogP contribution is -2.23. The second-order valence-electron chi connectivity index (χ2n) is 7.84. The Balaban J connectivity index is 1.61. The number of amides is 1. The molecule has 1 unspecified atom stereocenters. The van der Waals surface area contributed by atoms with Crippen LogP contribution in [0.2, 0.25) is 0 Å². The molecule has 1 aliphatic carbocycles. The Morgan fingerprint density at radius 2 is 1.82 bits per heavy atom. The van der Waals surface area contributed by atoms with Crippen LogP contribution in [0.25, 0.3) is 11.0 Å². The number of nitrogens with one attached hydrogen (secondary N) is 1. The predicted molar refractivity (Wildman–Crippen MR) is 112 cm³/mol. The monoisotopic (exact) mass is 480 g/mol. The highest BCUT2D eigenvalue weighted by molar-refractivity contribution is 6.05. The van der Waals surface area contributed by atoms with E-state index in [-0.39, 0.29) is 24.2 Å². The third kappa shape index (κ3) is 4.82. The van der Waals surface area contributed by atoms with Crippen LogP contribution < -0.4 is 5.32 Å². The first-order chi connectivity index (χ1) is 15.9. The Morgan fingerprint density at radius 3 is 2.47 bits per heavy atom. The molecule has 1 aliphatic rings. The summed E-state index contributed by atoms with van der Waals surface area (Å²) in [5.74, 6) is -1.24. The summed E-state index contributed by atoms with van der Waals surface area (Å²) in [4.78, 5) is 17.4. The second kappa shape index (κ2) is 8.62. The van der Waals surface area contributed by atoms with E-state index >= 15 is 0 Å². The van der Waals surface area contributed by atoms with Crippen molar-refractivity contribution in [3.05, 3.63) is 82.7 Å². The first-order valence-corrected chi connectivity index (χ1v) is 10.2. The zero-order valence-electron chi connectivity index (χ0n) is 17.7. The summed E-state index contributed by atoms with van der Waals surface area (Å²) in [6.45, 7) is -0.0410. The molecule has 2 aromatic heterocycles. The smallest absolute Gasteiger partial charge is 0.348 e. The summed E-state index contributed by atoms with van der Waals surface area (Å²) >= 11 is 0. The third-order valence-corrected chi connectivity index (χ3v) is 5.48. The molecule has 1 amide bonds. The normalized spacial score (nSPS) is 16.6. The molecule has 0 bridgehead atoms. The average Bonchev–Trinajstić information content (AvgIpc) is 3.17. The van der Waals surface area contributed by atoms with Gasteiger partial charge in [-0.25, -0.2) is 4.98 Å². The molecule has 34 heavy (non-hydrogen) atoms. The average molecular weight is 480 g/mol. The van der Waals surface area contributed by atoms with Gasteiger partial charge in [0, 0.05) is 19.5 Å². The van der Waals surface area contributed by atoms with E-state index in [2.05, 4.69) is 15.4 Å². The number of alkyl halides is 6. The number of benzene rings is 1. The lowest BCUT2D eigenvalue weighted by molar-refractivity contribution is -0.137. The Morgan fingerprint density at radius 1 is 1.12 bits per heavy atom. The number of aromatic nitrogens is 3. The van der Waals surface area contributed by atoms with Crippen molar-refractivity contribution in [2.45, 2.75) is 31.2 Å². The second-order valence-corrected chi connectivity index (χ2v) is 7.84. The Bertz CT molecular complexity index is 1290. The van der Waals surface area contributed by atoms with E-state index < -0.39 is 35.3 Å². The Labute approximate surface area is 189 Å². The van der Waals surface area contributed by atoms with Gasteiger partial charge in [0.05, 0.1) is 34.0 Å². The maximum Gasteiger partial charge on any atom is 0.416 e. The number of hydrogen-bond acceptors (Lipinski definition) is 3. The number of rotatable bonds is 4. The summed E-state index contributed by atoms with van der Waals surface area (Å²) in [6, 6.07) is 5.80. The first-order valence-electron chi connectivity index (χ1n) is 10.2. The van der Waals surface area contributed by atoms with Gasteiger partial charge in [-0.3, -0.25) is 9.48 Å². The van der Waals surface area contributed by atoms with Crippen molar-refractivity contribution in [1.82, 2.24) is 20.1 Å². The fraction of sp³-hybridized carbons (Fsp3) is 0.261. The number of allylic oxidation sites excluding steroid dienone is 4. The van der Waals surface area contributed by atoms with Crippen LogP contribution in [0.1, 0.15) is 39.5 Å². The summed E-state index contributed by atoms with van der Waals surface area (Å²) < 4.78 is 79.1. The highest BCUT2D eigenvalue weighted by Gasteiger charge is 2.34. The first kappa shape index (κ1) is 23.5. The van der Waals surface area contributed by atoms with Crippen molar-refractivity contribution in [3.63, 3.8) is 0 Å². The Hall–Kier alpha value is -3.63. The summed E-state index contributed by atoms with van der Waals surface area (Å²) in [7, 11) is 1.60. The third-order valence-electron chi connectivity index (χ3n) is 5.48. The van der Waals surface area contributed by atoms with Crippen LogP contribution in [0.4, 0.5) is 26.3 Å². The number of halogens is 6. The molecular formula is C23H18F6N4O. The van der Waals surface area contributed by atoms with Crippen LogP contribution in [0.15, 0.2) is 60.3 Å². The van der Waals surface area contributed by atoms with Crippen LogP contribution in [0, 0.1) is 0 Å². The number of carbonyl (C=O) groups is 1. The molecule has 178 valence electrons. The molecule has 2 heterocycles. The molecule has 0 saturated heterocycles. The van der Waals surface area contributed by atoms with Crippen LogP contribution in [0.5, 0.6) is 0 Å². The number of aryl methyl sites for hydroxylation is 1. The summed E-state index contributed by atoms with van der Waals surface area (Å²) in [6.07, 6.45) is -3.76. The van der Waals surface area contributed by atoms with E-state index in [1.54, 1.807) is 7.05 Å². The number of carbonyl (C=O) groups excluding carboxylic acids is 1. The van der Waals surface area contributed by atoms with Gasteiger partial charge in [-0.05, 0) is 30.2 Å². The summed E-state index contributed by atoms with van der Waals surface area (Å²) in [5, 5.41) is 7.14. The van der Waals surface area contributed by atoms with Gasteiger partial charge in [0.25, 0.3) is 5.91 Å². The van der Waals surface area contributed by atoms with Crippen LogP contribution in [-0.2, 0) is 19.8 Å². The van der Waals surface area contributed by atoms with Crippen molar-refractivity contribution in [3.8, 4) is 0 Å². The molecule has 1 aromatic carbocycles. The highest BCUT2D eigenvalue weighted by atomic mass is 19.4. The van der Waals surface area contributed by atoms with Gasteiger partial charge in [-0.1, -0.05) is 30.4 Å². The zero-order valence-corrected chi connectivity index (χ0v) is 17.7. The fourth-order valence-electron chi connectivity index (χ4n) is 3.68. The van der Waals surface area contributed by atoms with Crippen molar-refractivity contribution >= 4 is 16.9 Å². The molecule has 1 N–H and O–H groups in total. The Kier molecular flexibility index (Phi) is 5.96. The van der Waals surface area contributed by atoms with Crippen molar-refractivity contribution in [2.75, 3.05) is 0 Å². The summed E-state index contributed by atoms with van der Waals surface area (Å²) in [5.41, 5.74) is -0.365. The van der Waals surface area contributed by atoms with Gasteiger partial charge < -0.3 is 5.32 Å². The molecule has 11 heteroatoms. The minimum atomic E-state index is -4.51. The SMILES string of the molecule is Cn1ncc2c(C(=O)NCc3ccc(C(F)(F)F)cc3)cc(C3C=C(C(F)(F)F)C=CC3)nc21. The van der Waals surface area contributed by atoms with E-state index in [9.17, 15) is 31.1 Å². The standard InChI is InChI=1S/C23H18F6N4O/c1-33-20-18(12-31-33)17(10-19(32-20)14-3-2-4-16(9-14)23(27,28)29)21(34)30-11-13-5-7-15(8-6-13)22(24,25)26/h2,4-10,12,14H,3,11H2,1H3,(H,30,34). The van der Waals surface area contributed by atoms with Gasteiger partial charge >= 0.3 is 12.4 Å². The number of hydrogen-bond donors (Lipinski definition) is 1. The van der Waals surface area contributed by atoms with Crippen LogP contribution >= 0.6 is 0 Å². The van der Waals surface area contributed by atoms with E-state index in [0.717, 1.165) is 24.3 Å². The minimum Gasteiger partial charge on any atom is -0.348 e. The molecular weight excluding hydrogens is 462 g/mol. The van der Waals surface area contributed by atoms with Gasteiger partial charge in [0.1, 0.15) is 0 Å². The molecule has 0 spiro atoms. The zero-order chi connectivity index (χ0) is 24.7.